The van der Waals surface area contributed by atoms with Crippen LogP contribution in [0.3, 0.4) is 0 Å². The van der Waals surface area contributed by atoms with E-state index in [0.717, 1.165) is 24.2 Å². The van der Waals surface area contributed by atoms with E-state index in [0.29, 0.717) is 5.92 Å². The van der Waals surface area contributed by atoms with Crippen LogP contribution < -0.4 is 5.32 Å². The van der Waals surface area contributed by atoms with Gasteiger partial charge in [-0.05, 0) is 54.3 Å². The van der Waals surface area contributed by atoms with Crippen molar-refractivity contribution in [2.75, 3.05) is 25.0 Å². The monoisotopic (exact) mass is 312 g/mol. The predicted octanol–water partition coefficient (Wildman–Crippen LogP) is 2.34. The minimum atomic E-state index is 0.691. The van der Waals surface area contributed by atoms with Crippen molar-refractivity contribution in [1.82, 2.24) is 25.1 Å². The van der Waals surface area contributed by atoms with Crippen LogP contribution >= 0.6 is 0 Å². The Kier molecular flexibility index (Phi) is 4.24. The zero-order chi connectivity index (χ0) is 15.5. The molecule has 0 spiro atoms. The average molecular weight is 312 g/mol. The minimum Gasteiger partial charge on any atom is -0.352 e. The summed E-state index contributed by atoms with van der Waals surface area (Å²) in [5, 5.41) is 15.5. The van der Waals surface area contributed by atoms with Crippen molar-refractivity contribution in [3.05, 3.63) is 30.3 Å². The maximum Gasteiger partial charge on any atom is 0.247 e. The molecule has 6 nitrogen and oxygen atoms in total. The lowest BCUT2D eigenvalue weighted by Crippen LogP contribution is -2.31. The fraction of sp³-hybridized carbons (Fsp3) is 0.588. The summed E-state index contributed by atoms with van der Waals surface area (Å²) in [6.07, 6.45) is 6.89. The third-order valence-electron chi connectivity index (χ3n) is 5.18. The van der Waals surface area contributed by atoms with Crippen LogP contribution in [-0.2, 0) is 0 Å². The van der Waals surface area contributed by atoms with Gasteiger partial charge in [-0.15, -0.1) is 0 Å². The Balaban J connectivity index is 1.34. The average Bonchev–Trinajstić information content (AvgIpc) is 3.33. The predicted molar refractivity (Wildman–Crippen MR) is 89.6 cm³/mol. The molecule has 1 aromatic heterocycles. The van der Waals surface area contributed by atoms with Gasteiger partial charge >= 0.3 is 0 Å². The number of benzene rings is 1. The molecular weight excluding hydrogens is 288 g/mol. The number of nitrogens with one attached hydrogen (secondary N) is 1. The zero-order valence-electron chi connectivity index (χ0n) is 13.4. The smallest absolute Gasteiger partial charge is 0.247 e. The lowest BCUT2D eigenvalue weighted by Gasteiger charge is -2.23. The van der Waals surface area contributed by atoms with E-state index in [4.69, 9.17) is 0 Å². The van der Waals surface area contributed by atoms with E-state index in [2.05, 4.69) is 25.7 Å². The van der Waals surface area contributed by atoms with Crippen LogP contribution in [0.15, 0.2) is 30.3 Å². The fourth-order valence-electron chi connectivity index (χ4n) is 3.91. The number of anilines is 1. The van der Waals surface area contributed by atoms with Crippen LogP contribution in [0.2, 0.25) is 0 Å². The van der Waals surface area contributed by atoms with Crippen molar-refractivity contribution in [3.63, 3.8) is 0 Å². The summed E-state index contributed by atoms with van der Waals surface area (Å²) >= 11 is 0. The number of aromatic nitrogens is 4. The highest BCUT2D eigenvalue weighted by Gasteiger charge is 2.29. The zero-order valence-corrected chi connectivity index (χ0v) is 13.4. The van der Waals surface area contributed by atoms with E-state index >= 15 is 0 Å². The highest BCUT2D eigenvalue weighted by atomic mass is 15.6. The molecule has 23 heavy (non-hydrogen) atoms. The molecule has 1 aromatic carbocycles. The topological polar surface area (TPSA) is 58.9 Å². The first-order valence-electron chi connectivity index (χ1n) is 8.72. The molecule has 1 saturated carbocycles. The van der Waals surface area contributed by atoms with Crippen molar-refractivity contribution in [1.29, 1.82) is 0 Å². The van der Waals surface area contributed by atoms with Gasteiger partial charge < -0.3 is 10.2 Å². The molecule has 0 unspecified atom stereocenters. The molecule has 0 bridgehead atoms. The maximum atomic E-state index is 4.13. The lowest BCUT2D eigenvalue weighted by molar-refractivity contribution is 0.238. The van der Waals surface area contributed by atoms with Gasteiger partial charge in [-0.3, -0.25) is 0 Å². The number of likely N-dealkylation sites (tertiary alicyclic amines) is 1. The molecule has 2 aliphatic rings. The number of para-hydroxylation sites is 1. The van der Waals surface area contributed by atoms with Crippen LogP contribution in [0.1, 0.15) is 32.1 Å². The Morgan fingerprint density at radius 3 is 2.74 bits per heavy atom. The van der Waals surface area contributed by atoms with Gasteiger partial charge in [-0.2, -0.15) is 4.68 Å². The maximum absolute atomic E-state index is 4.13. The summed E-state index contributed by atoms with van der Waals surface area (Å²) in [6, 6.07) is 10.9. The first-order chi connectivity index (χ1) is 11.4. The van der Waals surface area contributed by atoms with E-state index in [-0.39, 0.29) is 0 Å². The summed E-state index contributed by atoms with van der Waals surface area (Å²) in [7, 11) is 0. The fourth-order valence-corrected chi connectivity index (χ4v) is 3.91. The van der Waals surface area contributed by atoms with E-state index in [1.807, 2.05) is 30.3 Å². The van der Waals surface area contributed by atoms with Gasteiger partial charge in [0.15, 0.2) is 0 Å². The largest absolute Gasteiger partial charge is 0.352 e. The summed E-state index contributed by atoms with van der Waals surface area (Å²) < 4.78 is 1.77. The van der Waals surface area contributed by atoms with Crippen LogP contribution in [0.25, 0.3) is 5.69 Å². The number of hydrogen-bond donors (Lipinski definition) is 1. The summed E-state index contributed by atoms with van der Waals surface area (Å²) in [6.45, 7) is 3.40. The van der Waals surface area contributed by atoms with Crippen molar-refractivity contribution in [3.8, 4) is 5.69 Å². The number of tetrazole rings is 1. The van der Waals surface area contributed by atoms with Crippen molar-refractivity contribution >= 4 is 5.95 Å². The molecule has 1 aliphatic carbocycles. The van der Waals surface area contributed by atoms with E-state index < -0.39 is 0 Å². The van der Waals surface area contributed by atoms with Crippen LogP contribution in [0.5, 0.6) is 0 Å². The second-order valence-corrected chi connectivity index (χ2v) is 6.72. The van der Waals surface area contributed by atoms with Gasteiger partial charge in [0.1, 0.15) is 0 Å². The van der Waals surface area contributed by atoms with Gasteiger partial charge in [0.2, 0.25) is 5.95 Å². The summed E-state index contributed by atoms with van der Waals surface area (Å²) in [4.78, 5) is 2.69. The minimum absolute atomic E-state index is 0.691. The SMILES string of the molecule is c1ccc(-n2nnnc2NC[C@H]2CCN(C3CCCC3)C2)cc1. The molecule has 0 amide bonds. The highest BCUT2D eigenvalue weighted by Crippen LogP contribution is 2.28. The Labute approximate surface area is 136 Å². The van der Waals surface area contributed by atoms with Crippen molar-refractivity contribution in [2.24, 2.45) is 5.92 Å². The molecule has 2 fully saturated rings. The van der Waals surface area contributed by atoms with Gasteiger partial charge in [0.25, 0.3) is 0 Å². The highest BCUT2D eigenvalue weighted by molar-refractivity contribution is 5.38. The molecule has 1 saturated heterocycles. The quantitative estimate of drug-likeness (QED) is 0.918. The molecule has 1 aliphatic heterocycles. The Morgan fingerprint density at radius 2 is 1.91 bits per heavy atom. The van der Waals surface area contributed by atoms with E-state index in [1.165, 1.54) is 45.2 Å². The normalized spacial score (nSPS) is 22.7. The summed E-state index contributed by atoms with van der Waals surface area (Å²) in [5.41, 5.74) is 0.985. The lowest BCUT2D eigenvalue weighted by atomic mass is 10.1. The first-order valence-corrected chi connectivity index (χ1v) is 8.72. The molecule has 1 N–H and O–H groups in total. The molecule has 6 heteroatoms. The van der Waals surface area contributed by atoms with Crippen LogP contribution in [-0.4, -0.2) is 50.8 Å². The second kappa shape index (κ2) is 6.66. The van der Waals surface area contributed by atoms with Crippen molar-refractivity contribution in [2.45, 2.75) is 38.1 Å². The second-order valence-electron chi connectivity index (χ2n) is 6.72. The van der Waals surface area contributed by atoms with Crippen LogP contribution in [0.4, 0.5) is 5.95 Å². The number of hydrogen-bond acceptors (Lipinski definition) is 5. The van der Waals surface area contributed by atoms with Gasteiger partial charge in [-0.1, -0.05) is 36.1 Å². The third kappa shape index (κ3) is 3.22. The molecule has 1 atom stereocenters. The molecule has 2 aromatic rings. The standard InChI is InChI=1S/C17H24N6/c1-2-8-16(9-3-1)23-17(19-20-21-23)18-12-14-10-11-22(13-14)15-6-4-5-7-15/h1-3,8-9,14-15H,4-7,10-13H2,(H,18,19,21)/t14-/m1/s1. The molecule has 4 rings (SSSR count). The summed E-state index contributed by atoms with van der Waals surface area (Å²) in [5.74, 6) is 1.42. The van der Waals surface area contributed by atoms with E-state index in [1.54, 1.807) is 4.68 Å². The molecule has 122 valence electrons. The Morgan fingerprint density at radius 1 is 1.09 bits per heavy atom. The molecule has 2 heterocycles. The number of rotatable bonds is 5. The van der Waals surface area contributed by atoms with Gasteiger partial charge in [0.05, 0.1) is 5.69 Å². The molecular formula is C17H24N6. The van der Waals surface area contributed by atoms with E-state index in [9.17, 15) is 0 Å². The first kappa shape index (κ1) is 14.6. The molecule has 0 radical (unpaired) electrons. The van der Waals surface area contributed by atoms with Crippen molar-refractivity contribution < 1.29 is 0 Å². The Hall–Kier alpha value is -1.95. The number of nitrogens with zero attached hydrogens (tertiary/aromatic N) is 5. The van der Waals surface area contributed by atoms with Gasteiger partial charge in [-0.25, -0.2) is 0 Å². The third-order valence-corrected chi connectivity index (χ3v) is 5.18. The van der Waals surface area contributed by atoms with Crippen LogP contribution in [0, 0.1) is 5.92 Å². The Bertz CT molecular complexity index is 619. The van der Waals surface area contributed by atoms with Gasteiger partial charge in [0, 0.05) is 19.1 Å².